The Kier molecular flexibility index (Phi) is 6.35. The monoisotopic (exact) mass is 402 g/mol. The number of nitrogens with zero attached hydrogens (tertiary/aromatic N) is 1. The van der Waals surface area contributed by atoms with Crippen molar-refractivity contribution in [1.82, 2.24) is 4.98 Å². The summed E-state index contributed by atoms with van der Waals surface area (Å²) in [5, 5.41) is 3.72. The van der Waals surface area contributed by atoms with Crippen LogP contribution in [0.2, 0.25) is 0 Å². The van der Waals surface area contributed by atoms with E-state index in [1.807, 2.05) is 19.2 Å². The molecule has 2 aromatic rings. The van der Waals surface area contributed by atoms with Crippen molar-refractivity contribution in [3.05, 3.63) is 52.3 Å². The summed E-state index contributed by atoms with van der Waals surface area (Å²) in [5.41, 5.74) is 3.71. The minimum atomic E-state index is 0.537. The minimum Gasteiger partial charge on any atom is -0.494 e. The molecule has 0 spiro atoms. The van der Waals surface area contributed by atoms with E-state index in [-0.39, 0.29) is 0 Å². The van der Waals surface area contributed by atoms with Gasteiger partial charge in [0.25, 0.3) is 0 Å². The Hall–Kier alpha value is -1.55. The number of rotatable bonds is 6. The summed E-state index contributed by atoms with van der Waals surface area (Å²) in [6.07, 6.45) is 7.67. The molecule has 1 N–H and O–H groups in total. The van der Waals surface area contributed by atoms with Gasteiger partial charge in [0.1, 0.15) is 5.75 Å². The third kappa shape index (κ3) is 4.55. The van der Waals surface area contributed by atoms with Crippen molar-refractivity contribution in [2.24, 2.45) is 0 Å². The first-order chi connectivity index (χ1) is 12.2. The van der Waals surface area contributed by atoms with Crippen LogP contribution in [0.25, 0.3) is 0 Å². The highest BCUT2D eigenvalue weighted by Gasteiger charge is 2.23. The van der Waals surface area contributed by atoms with Crippen molar-refractivity contribution in [3.8, 4) is 5.75 Å². The molecule has 0 unspecified atom stereocenters. The van der Waals surface area contributed by atoms with Gasteiger partial charge in [-0.05, 0) is 84.6 Å². The highest BCUT2D eigenvalue weighted by atomic mass is 79.9. The molecule has 1 aliphatic rings. The van der Waals surface area contributed by atoms with Crippen LogP contribution in [0.15, 0.2) is 41.0 Å². The van der Waals surface area contributed by atoms with Gasteiger partial charge in [0.2, 0.25) is 0 Å². The number of anilines is 1. The molecule has 1 aromatic carbocycles. The lowest BCUT2D eigenvalue weighted by atomic mass is 9.81. The van der Waals surface area contributed by atoms with Crippen LogP contribution in [0.3, 0.4) is 0 Å². The van der Waals surface area contributed by atoms with Crippen molar-refractivity contribution in [2.75, 3.05) is 11.9 Å². The maximum Gasteiger partial charge on any atom is 0.119 e. The van der Waals surface area contributed by atoms with Gasteiger partial charge in [0.05, 0.1) is 22.5 Å². The standard InChI is InChI=1S/C21H27BrN2O/c1-3-19-21(22)20(12-13-23-19)24-17-10-8-15(9-11-17)16-6-5-7-18(14-16)25-4-2/h5-7,12-15,17H,3-4,8-11H2,1-2H3,(H,23,24). The fourth-order valence-corrected chi connectivity index (χ4v) is 4.29. The molecule has 4 heteroatoms. The minimum absolute atomic E-state index is 0.537. The summed E-state index contributed by atoms with van der Waals surface area (Å²) >= 11 is 3.70. The van der Waals surface area contributed by atoms with Crippen LogP contribution in [-0.2, 0) is 6.42 Å². The Balaban J connectivity index is 1.60. The lowest BCUT2D eigenvalue weighted by Crippen LogP contribution is -2.25. The van der Waals surface area contributed by atoms with E-state index in [4.69, 9.17) is 4.74 Å². The van der Waals surface area contributed by atoms with Gasteiger partial charge in [-0.2, -0.15) is 0 Å². The molecule has 0 bridgehead atoms. The van der Waals surface area contributed by atoms with E-state index in [0.717, 1.165) is 28.9 Å². The first kappa shape index (κ1) is 18.2. The number of benzene rings is 1. The smallest absolute Gasteiger partial charge is 0.119 e. The lowest BCUT2D eigenvalue weighted by Gasteiger charge is -2.30. The summed E-state index contributed by atoms with van der Waals surface area (Å²) in [5.74, 6) is 1.64. The molecular weight excluding hydrogens is 376 g/mol. The zero-order chi connectivity index (χ0) is 17.6. The van der Waals surface area contributed by atoms with E-state index in [9.17, 15) is 0 Å². The highest BCUT2D eigenvalue weighted by molar-refractivity contribution is 9.10. The van der Waals surface area contributed by atoms with E-state index in [2.05, 4.69) is 57.4 Å². The fourth-order valence-electron chi connectivity index (χ4n) is 3.66. The van der Waals surface area contributed by atoms with Crippen molar-refractivity contribution in [2.45, 2.75) is 57.9 Å². The molecule has 1 fully saturated rings. The molecule has 3 rings (SSSR count). The fraction of sp³-hybridized carbons (Fsp3) is 0.476. The second kappa shape index (κ2) is 8.70. The van der Waals surface area contributed by atoms with Gasteiger partial charge in [-0.25, -0.2) is 0 Å². The Morgan fingerprint density at radius 1 is 1.16 bits per heavy atom. The van der Waals surface area contributed by atoms with Crippen molar-refractivity contribution >= 4 is 21.6 Å². The molecule has 1 aliphatic carbocycles. The molecule has 0 saturated heterocycles. The Morgan fingerprint density at radius 2 is 1.96 bits per heavy atom. The van der Waals surface area contributed by atoms with Crippen LogP contribution < -0.4 is 10.1 Å². The number of aryl methyl sites for hydroxylation is 1. The van der Waals surface area contributed by atoms with Crippen LogP contribution in [0.5, 0.6) is 5.75 Å². The summed E-state index contributed by atoms with van der Waals surface area (Å²) in [6.45, 7) is 4.89. The number of pyridine rings is 1. The maximum absolute atomic E-state index is 5.65. The predicted molar refractivity (Wildman–Crippen MR) is 108 cm³/mol. The Labute approximate surface area is 159 Å². The van der Waals surface area contributed by atoms with Gasteiger partial charge in [0.15, 0.2) is 0 Å². The average molecular weight is 403 g/mol. The predicted octanol–water partition coefficient (Wildman–Crippen LogP) is 5.94. The molecular formula is C21H27BrN2O. The summed E-state index contributed by atoms with van der Waals surface area (Å²) in [7, 11) is 0. The average Bonchev–Trinajstić information content (AvgIpc) is 2.65. The van der Waals surface area contributed by atoms with Crippen LogP contribution in [0, 0.1) is 0 Å². The normalized spacial score (nSPS) is 20.3. The van der Waals surface area contributed by atoms with Gasteiger partial charge in [-0.15, -0.1) is 0 Å². The number of ether oxygens (including phenoxy) is 1. The molecule has 25 heavy (non-hydrogen) atoms. The van der Waals surface area contributed by atoms with Crippen LogP contribution in [0.4, 0.5) is 5.69 Å². The summed E-state index contributed by atoms with van der Waals surface area (Å²) in [4.78, 5) is 4.43. The van der Waals surface area contributed by atoms with Crippen LogP contribution in [-0.4, -0.2) is 17.6 Å². The first-order valence-electron chi connectivity index (χ1n) is 9.34. The van der Waals surface area contributed by atoms with E-state index in [1.165, 1.54) is 36.9 Å². The number of halogens is 1. The van der Waals surface area contributed by atoms with Gasteiger partial charge in [-0.3, -0.25) is 4.98 Å². The van der Waals surface area contributed by atoms with Gasteiger partial charge < -0.3 is 10.1 Å². The third-order valence-electron chi connectivity index (χ3n) is 5.02. The SMILES string of the molecule is CCOc1cccc(C2CCC(Nc3ccnc(CC)c3Br)CC2)c1. The first-order valence-corrected chi connectivity index (χ1v) is 10.1. The lowest BCUT2D eigenvalue weighted by molar-refractivity contribution is 0.338. The Bertz CT molecular complexity index is 696. The molecule has 1 aromatic heterocycles. The van der Waals surface area contributed by atoms with Gasteiger partial charge in [0, 0.05) is 12.2 Å². The molecule has 0 amide bonds. The van der Waals surface area contributed by atoms with Gasteiger partial charge in [-0.1, -0.05) is 19.1 Å². The highest BCUT2D eigenvalue weighted by Crippen LogP contribution is 2.36. The maximum atomic E-state index is 5.65. The molecule has 1 saturated carbocycles. The van der Waals surface area contributed by atoms with Gasteiger partial charge >= 0.3 is 0 Å². The second-order valence-corrected chi connectivity index (χ2v) is 7.46. The Morgan fingerprint density at radius 3 is 2.68 bits per heavy atom. The quantitative estimate of drug-likeness (QED) is 0.648. The van der Waals surface area contributed by atoms with Crippen molar-refractivity contribution < 1.29 is 4.74 Å². The van der Waals surface area contributed by atoms with E-state index >= 15 is 0 Å². The summed E-state index contributed by atoms with van der Waals surface area (Å²) in [6, 6.07) is 11.2. The second-order valence-electron chi connectivity index (χ2n) is 6.67. The van der Waals surface area contributed by atoms with Crippen LogP contribution >= 0.6 is 15.9 Å². The third-order valence-corrected chi connectivity index (χ3v) is 5.91. The number of hydrogen-bond acceptors (Lipinski definition) is 3. The molecule has 134 valence electrons. The number of aromatic nitrogens is 1. The topological polar surface area (TPSA) is 34.1 Å². The number of hydrogen-bond donors (Lipinski definition) is 1. The van der Waals surface area contributed by atoms with Crippen molar-refractivity contribution in [3.63, 3.8) is 0 Å². The molecule has 0 radical (unpaired) electrons. The summed E-state index contributed by atoms with van der Waals surface area (Å²) < 4.78 is 6.76. The van der Waals surface area contributed by atoms with E-state index in [0.29, 0.717) is 12.0 Å². The molecule has 1 heterocycles. The van der Waals surface area contributed by atoms with Crippen molar-refractivity contribution in [1.29, 1.82) is 0 Å². The molecule has 3 nitrogen and oxygen atoms in total. The largest absolute Gasteiger partial charge is 0.494 e. The zero-order valence-corrected chi connectivity index (χ0v) is 16.7. The zero-order valence-electron chi connectivity index (χ0n) is 15.1. The van der Waals surface area contributed by atoms with E-state index < -0.39 is 0 Å². The number of nitrogens with one attached hydrogen (secondary N) is 1. The molecule has 0 atom stereocenters. The van der Waals surface area contributed by atoms with Crippen LogP contribution in [0.1, 0.15) is 56.7 Å². The van der Waals surface area contributed by atoms with E-state index in [1.54, 1.807) is 0 Å². The molecule has 0 aliphatic heterocycles.